The minimum atomic E-state index is -0.330. The van der Waals surface area contributed by atoms with Gasteiger partial charge >= 0.3 is 0 Å². The number of likely N-dealkylation sites (tertiary alicyclic amines) is 1. The van der Waals surface area contributed by atoms with Gasteiger partial charge in [0, 0.05) is 43.8 Å². The van der Waals surface area contributed by atoms with E-state index in [4.69, 9.17) is 14.7 Å². The fraction of sp³-hybridized carbons (Fsp3) is 0.455. The number of aryl methyl sites for hydroxylation is 1. The van der Waals surface area contributed by atoms with Gasteiger partial charge in [-0.3, -0.25) is 14.5 Å². The molecule has 0 spiro atoms. The van der Waals surface area contributed by atoms with Crippen LogP contribution in [0.3, 0.4) is 0 Å². The molecule has 0 bridgehead atoms. The Hall–Kier alpha value is -2.87. The molecule has 1 saturated heterocycles. The minimum absolute atomic E-state index is 0.0165. The lowest BCUT2D eigenvalue weighted by Crippen LogP contribution is -2.36. The molecule has 7 nitrogen and oxygen atoms in total. The summed E-state index contributed by atoms with van der Waals surface area (Å²) in [6.45, 7) is 3.44. The normalized spacial score (nSPS) is 18.6. The number of amides is 2. The van der Waals surface area contributed by atoms with Gasteiger partial charge in [0.25, 0.3) is 0 Å². The Balaban J connectivity index is 1.62. The Bertz CT molecular complexity index is 981. The van der Waals surface area contributed by atoms with Gasteiger partial charge < -0.3 is 9.64 Å². The Morgan fingerprint density at radius 1 is 1.30 bits per heavy atom. The second kappa shape index (κ2) is 8.47. The highest BCUT2D eigenvalue weighted by molar-refractivity contribution is 5.95. The average molecular weight is 412 g/mol. The van der Waals surface area contributed by atoms with Crippen LogP contribution in [0, 0.1) is 12.7 Å². The number of hydrogen-bond acceptors (Lipinski definition) is 5. The van der Waals surface area contributed by atoms with Crippen LogP contribution >= 0.6 is 0 Å². The first-order valence-electron chi connectivity index (χ1n) is 10.1. The van der Waals surface area contributed by atoms with Crippen LogP contribution < -0.4 is 4.90 Å². The third-order valence-corrected chi connectivity index (χ3v) is 5.76. The zero-order valence-corrected chi connectivity index (χ0v) is 17.2. The lowest BCUT2D eigenvalue weighted by atomic mass is 10.0. The van der Waals surface area contributed by atoms with Crippen molar-refractivity contribution in [3.63, 3.8) is 0 Å². The van der Waals surface area contributed by atoms with Gasteiger partial charge in [0.05, 0.1) is 6.54 Å². The van der Waals surface area contributed by atoms with Gasteiger partial charge in [-0.25, -0.2) is 14.4 Å². The molecule has 0 radical (unpaired) electrons. The minimum Gasteiger partial charge on any atom is -0.375 e. The van der Waals surface area contributed by atoms with Crippen molar-refractivity contribution in [2.24, 2.45) is 0 Å². The van der Waals surface area contributed by atoms with E-state index in [2.05, 4.69) is 0 Å². The predicted molar refractivity (Wildman–Crippen MR) is 108 cm³/mol. The molecular weight excluding hydrogens is 387 g/mol. The van der Waals surface area contributed by atoms with Gasteiger partial charge in [-0.15, -0.1) is 0 Å². The average Bonchev–Trinajstić information content (AvgIpc) is 3.21. The molecule has 2 aromatic rings. The first-order chi connectivity index (χ1) is 14.5. The highest BCUT2D eigenvalue weighted by atomic mass is 19.1. The Labute approximate surface area is 174 Å². The highest BCUT2D eigenvalue weighted by Gasteiger charge is 2.33. The number of anilines is 1. The molecule has 1 aromatic heterocycles. The number of methoxy groups -OCH3 is 1. The van der Waals surface area contributed by atoms with Crippen LogP contribution in [0.1, 0.15) is 41.4 Å². The number of fused-ring (bicyclic) bond motifs is 1. The molecule has 3 heterocycles. The van der Waals surface area contributed by atoms with Gasteiger partial charge in [-0.2, -0.15) is 0 Å². The van der Waals surface area contributed by atoms with Crippen LogP contribution in [0.4, 0.5) is 10.2 Å². The fourth-order valence-electron chi connectivity index (χ4n) is 4.18. The van der Waals surface area contributed by atoms with E-state index >= 15 is 0 Å². The van der Waals surface area contributed by atoms with Crippen molar-refractivity contribution < 1.29 is 18.7 Å². The molecule has 2 aliphatic rings. The molecule has 8 heteroatoms. The summed E-state index contributed by atoms with van der Waals surface area (Å²) in [6.07, 6.45) is 1.75. The molecular formula is C22H25FN4O3. The molecule has 2 aliphatic heterocycles. The van der Waals surface area contributed by atoms with Crippen molar-refractivity contribution in [2.45, 2.75) is 38.6 Å². The van der Waals surface area contributed by atoms with E-state index in [0.29, 0.717) is 43.1 Å². The van der Waals surface area contributed by atoms with Crippen molar-refractivity contribution in [1.29, 1.82) is 0 Å². The van der Waals surface area contributed by atoms with Gasteiger partial charge in [-0.05, 0) is 37.5 Å². The molecule has 1 aromatic carbocycles. The molecule has 158 valence electrons. The molecule has 2 amide bonds. The molecule has 0 saturated carbocycles. The summed E-state index contributed by atoms with van der Waals surface area (Å²) in [5, 5.41) is 0. The zero-order chi connectivity index (χ0) is 21.3. The molecule has 1 fully saturated rings. The predicted octanol–water partition coefficient (Wildman–Crippen LogP) is 2.37. The van der Waals surface area contributed by atoms with E-state index in [-0.39, 0.29) is 36.7 Å². The van der Waals surface area contributed by atoms with E-state index < -0.39 is 0 Å². The summed E-state index contributed by atoms with van der Waals surface area (Å²) >= 11 is 0. The fourth-order valence-corrected chi connectivity index (χ4v) is 4.18. The number of hydrogen-bond donors (Lipinski definition) is 0. The Morgan fingerprint density at radius 2 is 2.13 bits per heavy atom. The van der Waals surface area contributed by atoms with Gasteiger partial charge in [0.2, 0.25) is 11.8 Å². The van der Waals surface area contributed by atoms with E-state index in [1.54, 1.807) is 21.9 Å². The molecule has 0 aliphatic carbocycles. The summed E-state index contributed by atoms with van der Waals surface area (Å²) in [4.78, 5) is 37.7. The molecule has 4 rings (SSSR count). The zero-order valence-electron chi connectivity index (χ0n) is 17.2. The number of rotatable bonds is 5. The second-order valence-corrected chi connectivity index (χ2v) is 7.84. The third-order valence-electron chi connectivity index (χ3n) is 5.76. The first kappa shape index (κ1) is 20.4. The Morgan fingerprint density at radius 3 is 2.90 bits per heavy atom. The first-order valence-corrected chi connectivity index (χ1v) is 10.1. The van der Waals surface area contributed by atoms with Crippen molar-refractivity contribution >= 4 is 17.6 Å². The van der Waals surface area contributed by atoms with Crippen LogP contribution in [0.25, 0.3) is 0 Å². The van der Waals surface area contributed by atoms with Crippen molar-refractivity contribution in [2.75, 3.05) is 31.7 Å². The van der Waals surface area contributed by atoms with Gasteiger partial charge in [-0.1, -0.05) is 12.1 Å². The summed E-state index contributed by atoms with van der Waals surface area (Å²) in [5.41, 5.74) is 2.53. The molecule has 0 N–H and O–H groups in total. The monoisotopic (exact) mass is 412 g/mol. The van der Waals surface area contributed by atoms with Crippen LogP contribution in [0.15, 0.2) is 24.3 Å². The van der Waals surface area contributed by atoms with Crippen molar-refractivity contribution in [3.8, 4) is 0 Å². The number of carbonyl (C=O) groups is 2. The second-order valence-electron chi connectivity index (χ2n) is 7.84. The number of halogens is 1. The van der Waals surface area contributed by atoms with Crippen LogP contribution in [-0.4, -0.2) is 53.5 Å². The summed E-state index contributed by atoms with van der Waals surface area (Å²) in [7, 11) is 1.51. The Kier molecular flexibility index (Phi) is 5.76. The lowest BCUT2D eigenvalue weighted by molar-refractivity contribution is -0.134. The number of nitrogens with zero attached hydrogens (tertiary/aromatic N) is 4. The maximum atomic E-state index is 13.6. The number of ether oxygens (including phenoxy) is 1. The largest absolute Gasteiger partial charge is 0.375 e. The highest BCUT2D eigenvalue weighted by Crippen LogP contribution is 2.33. The van der Waals surface area contributed by atoms with Crippen molar-refractivity contribution in [1.82, 2.24) is 14.9 Å². The number of benzene rings is 1. The summed E-state index contributed by atoms with van der Waals surface area (Å²) in [5.74, 6) is 0.876. The molecule has 1 atom stereocenters. The lowest BCUT2D eigenvalue weighted by Gasteiger charge is -2.30. The third kappa shape index (κ3) is 4.05. The topological polar surface area (TPSA) is 75.6 Å². The number of carbonyl (C=O) groups excluding carboxylic acids is 2. The summed E-state index contributed by atoms with van der Waals surface area (Å²) < 4.78 is 18.6. The van der Waals surface area contributed by atoms with Crippen LogP contribution in [0.2, 0.25) is 0 Å². The van der Waals surface area contributed by atoms with E-state index in [1.165, 1.54) is 19.2 Å². The smallest absolute Gasteiger partial charge is 0.248 e. The number of aromatic nitrogens is 2. The maximum Gasteiger partial charge on any atom is 0.248 e. The van der Waals surface area contributed by atoms with E-state index in [9.17, 15) is 14.0 Å². The SMILES string of the molecule is COCC(=O)N1CC[C@@H](c2nc(C)c3c(n2)N(Cc2cccc(F)c2)C(=O)CC3)C1. The standard InChI is InChI=1S/C22H25FN4O3/c1-14-18-6-7-19(28)27(11-15-4-3-5-17(23)10-15)22(18)25-21(24-14)16-8-9-26(12-16)20(29)13-30-2/h3-5,10,16H,6-9,11-13H2,1-2H3/t16-/m1/s1. The summed E-state index contributed by atoms with van der Waals surface area (Å²) in [6, 6.07) is 6.26. The van der Waals surface area contributed by atoms with Crippen LogP contribution in [0.5, 0.6) is 0 Å². The van der Waals surface area contributed by atoms with E-state index in [0.717, 1.165) is 17.7 Å². The van der Waals surface area contributed by atoms with Gasteiger partial charge in [0.1, 0.15) is 24.1 Å². The van der Waals surface area contributed by atoms with Crippen LogP contribution in [-0.2, 0) is 27.3 Å². The molecule has 30 heavy (non-hydrogen) atoms. The van der Waals surface area contributed by atoms with E-state index in [1.807, 2.05) is 6.92 Å². The quantitative estimate of drug-likeness (QED) is 0.754. The van der Waals surface area contributed by atoms with Gasteiger partial charge in [0.15, 0.2) is 0 Å². The van der Waals surface area contributed by atoms with Crippen molar-refractivity contribution in [3.05, 3.63) is 52.7 Å². The molecule has 0 unspecified atom stereocenters. The maximum absolute atomic E-state index is 13.6.